The summed E-state index contributed by atoms with van der Waals surface area (Å²) in [6.07, 6.45) is -4.45. The molecule has 4 nitrogen and oxygen atoms in total. The summed E-state index contributed by atoms with van der Waals surface area (Å²) in [5, 5.41) is 6.62. The number of nitrogens with one attached hydrogen (secondary N) is 1. The lowest BCUT2D eigenvalue weighted by atomic mass is 10.1. The fraction of sp³-hybridized carbons (Fsp3) is 0.333. The van der Waals surface area contributed by atoms with Crippen molar-refractivity contribution in [3.63, 3.8) is 0 Å². The fourth-order valence-electron chi connectivity index (χ4n) is 2.30. The predicted molar refractivity (Wildman–Crippen MR) is 76.8 cm³/mol. The molecule has 0 saturated carbocycles. The highest BCUT2D eigenvalue weighted by Gasteiger charge is 2.32. The van der Waals surface area contributed by atoms with Gasteiger partial charge in [-0.3, -0.25) is 9.48 Å². The second-order valence-electron chi connectivity index (χ2n) is 5.15. The lowest BCUT2D eigenvalue weighted by Crippen LogP contribution is -2.15. The van der Waals surface area contributed by atoms with Crippen LogP contribution in [0.25, 0.3) is 0 Å². The number of aromatic nitrogens is 2. The zero-order valence-corrected chi connectivity index (χ0v) is 12.7. The molecule has 118 valence electrons. The van der Waals surface area contributed by atoms with E-state index in [0.29, 0.717) is 17.0 Å². The Morgan fingerprint density at radius 2 is 1.86 bits per heavy atom. The van der Waals surface area contributed by atoms with Gasteiger partial charge in [0.05, 0.1) is 16.8 Å². The largest absolute Gasteiger partial charge is 0.416 e. The molecule has 0 unspecified atom stereocenters. The van der Waals surface area contributed by atoms with Crippen LogP contribution >= 0.6 is 0 Å². The molecule has 1 amide bonds. The van der Waals surface area contributed by atoms with E-state index in [1.807, 2.05) is 0 Å². The molecular weight excluding hydrogens is 295 g/mol. The zero-order valence-electron chi connectivity index (χ0n) is 12.7. The number of benzene rings is 1. The highest BCUT2D eigenvalue weighted by atomic mass is 19.4. The molecule has 0 spiro atoms. The van der Waals surface area contributed by atoms with Gasteiger partial charge in [-0.15, -0.1) is 0 Å². The topological polar surface area (TPSA) is 46.9 Å². The summed E-state index contributed by atoms with van der Waals surface area (Å²) in [5.41, 5.74) is 1.00. The van der Waals surface area contributed by atoms with E-state index in [1.165, 1.54) is 19.1 Å². The van der Waals surface area contributed by atoms with Crippen LogP contribution in [-0.2, 0) is 13.2 Å². The first-order valence-corrected chi connectivity index (χ1v) is 6.60. The summed E-state index contributed by atoms with van der Waals surface area (Å²) in [4.78, 5) is 12.3. The van der Waals surface area contributed by atoms with Crippen LogP contribution < -0.4 is 5.32 Å². The molecule has 2 rings (SSSR count). The smallest absolute Gasteiger partial charge is 0.322 e. The molecule has 7 heteroatoms. The van der Waals surface area contributed by atoms with Crippen molar-refractivity contribution in [3.05, 3.63) is 46.3 Å². The first-order chi connectivity index (χ1) is 10.1. The van der Waals surface area contributed by atoms with Crippen molar-refractivity contribution in [2.75, 3.05) is 5.32 Å². The van der Waals surface area contributed by atoms with Gasteiger partial charge < -0.3 is 5.32 Å². The van der Waals surface area contributed by atoms with Crippen molar-refractivity contribution in [3.8, 4) is 0 Å². The molecule has 1 aromatic heterocycles. The summed E-state index contributed by atoms with van der Waals surface area (Å²) in [6.45, 7) is 4.78. The van der Waals surface area contributed by atoms with Gasteiger partial charge in [0.25, 0.3) is 5.91 Å². The van der Waals surface area contributed by atoms with Gasteiger partial charge in [-0.25, -0.2) is 0 Å². The molecule has 22 heavy (non-hydrogen) atoms. The number of carbonyl (C=O) groups is 1. The highest BCUT2D eigenvalue weighted by Crippen LogP contribution is 2.33. The van der Waals surface area contributed by atoms with Crippen molar-refractivity contribution in [1.82, 2.24) is 9.78 Å². The Morgan fingerprint density at radius 3 is 2.36 bits per heavy atom. The maximum atomic E-state index is 12.9. The Labute approximate surface area is 125 Å². The van der Waals surface area contributed by atoms with Crippen LogP contribution in [0.3, 0.4) is 0 Å². The molecule has 0 saturated heterocycles. The fourth-order valence-corrected chi connectivity index (χ4v) is 2.30. The Balaban J connectivity index is 2.33. The van der Waals surface area contributed by atoms with E-state index in [2.05, 4.69) is 10.4 Å². The average molecular weight is 311 g/mol. The van der Waals surface area contributed by atoms with Crippen LogP contribution in [0.15, 0.2) is 18.2 Å². The number of halogens is 3. The molecule has 1 heterocycles. The van der Waals surface area contributed by atoms with Gasteiger partial charge in [-0.2, -0.15) is 18.3 Å². The number of alkyl halides is 3. The van der Waals surface area contributed by atoms with Crippen LogP contribution in [0, 0.1) is 20.8 Å². The highest BCUT2D eigenvalue weighted by molar-refractivity contribution is 6.05. The van der Waals surface area contributed by atoms with E-state index < -0.39 is 17.6 Å². The van der Waals surface area contributed by atoms with Crippen molar-refractivity contribution in [2.24, 2.45) is 7.05 Å². The quantitative estimate of drug-likeness (QED) is 0.921. The second-order valence-corrected chi connectivity index (χ2v) is 5.15. The number of amides is 1. The minimum atomic E-state index is -4.45. The summed E-state index contributed by atoms with van der Waals surface area (Å²) in [6, 6.07) is 3.72. The number of anilines is 1. The molecule has 0 aliphatic rings. The number of rotatable bonds is 2. The number of aryl methyl sites for hydroxylation is 3. The van der Waals surface area contributed by atoms with E-state index in [4.69, 9.17) is 0 Å². The van der Waals surface area contributed by atoms with E-state index in [1.54, 1.807) is 25.6 Å². The summed E-state index contributed by atoms with van der Waals surface area (Å²) >= 11 is 0. The first-order valence-electron chi connectivity index (χ1n) is 6.60. The number of hydrogen-bond donors (Lipinski definition) is 1. The van der Waals surface area contributed by atoms with Crippen LogP contribution in [-0.4, -0.2) is 15.7 Å². The standard InChI is InChI=1S/C15H16F3N3O/c1-8-5-6-11(7-12(8)15(16,17)18)19-14(22)13-9(2)20-21(4)10(13)3/h5-7H,1-4H3,(H,19,22). The minimum Gasteiger partial charge on any atom is -0.322 e. The van der Waals surface area contributed by atoms with Crippen molar-refractivity contribution >= 4 is 11.6 Å². The molecule has 1 N–H and O–H groups in total. The molecule has 0 aliphatic heterocycles. The normalized spacial score (nSPS) is 11.6. The molecule has 0 aliphatic carbocycles. The van der Waals surface area contributed by atoms with Crippen LogP contribution in [0.2, 0.25) is 0 Å². The third-order valence-electron chi connectivity index (χ3n) is 3.54. The summed E-state index contributed by atoms with van der Waals surface area (Å²) < 4.78 is 40.2. The van der Waals surface area contributed by atoms with Gasteiger partial charge in [-0.1, -0.05) is 6.07 Å². The van der Waals surface area contributed by atoms with Gasteiger partial charge in [-0.05, 0) is 38.5 Å². The van der Waals surface area contributed by atoms with E-state index >= 15 is 0 Å². The van der Waals surface area contributed by atoms with Crippen molar-refractivity contribution < 1.29 is 18.0 Å². The Kier molecular flexibility index (Phi) is 4.00. The van der Waals surface area contributed by atoms with E-state index in [0.717, 1.165) is 6.07 Å². The SMILES string of the molecule is Cc1ccc(NC(=O)c2c(C)nn(C)c2C)cc1C(F)(F)F. The van der Waals surface area contributed by atoms with Gasteiger partial charge in [0.2, 0.25) is 0 Å². The maximum absolute atomic E-state index is 12.9. The van der Waals surface area contributed by atoms with E-state index in [9.17, 15) is 18.0 Å². The number of hydrogen-bond acceptors (Lipinski definition) is 2. The van der Waals surface area contributed by atoms with Gasteiger partial charge in [0.1, 0.15) is 0 Å². The lowest BCUT2D eigenvalue weighted by molar-refractivity contribution is -0.138. The first kappa shape index (κ1) is 16.1. The second kappa shape index (κ2) is 5.47. The summed E-state index contributed by atoms with van der Waals surface area (Å²) in [7, 11) is 1.70. The molecule has 2 aromatic rings. The van der Waals surface area contributed by atoms with Crippen LogP contribution in [0.1, 0.15) is 32.9 Å². The van der Waals surface area contributed by atoms with Crippen molar-refractivity contribution in [2.45, 2.75) is 26.9 Å². The Hall–Kier alpha value is -2.31. The zero-order chi connectivity index (χ0) is 16.7. The van der Waals surface area contributed by atoms with E-state index in [-0.39, 0.29) is 11.3 Å². The van der Waals surface area contributed by atoms with Gasteiger partial charge in [0.15, 0.2) is 0 Å². The summed E-state index contributed by atoms with van der Waals surface area (Å²) in [5.74, 6) is -0.472. The maximum Gasteiger partial charge on any atom is 0.416 e. The minimum absolute atomic E-state index is 0.102. The average Bonchev–Trinajstić information content (AvgIpc) is 2.64. The van der Waals surface area contributed by atoms with Gasteiger partial charge in [0, 0.05) is 18.4 Å². The Bertz CT molecular complexity index is 732. The van der Waals surface area contributed by atoms with Crippen molar-refractivity contribution in [1.29, 1.82) is 0 Å². The molecule has 0 bridgehead atoms. The predicted octanol–water partition coefficient (Wildman–Crippen LogP) is 3.62. The molecule has 0 fully saturated rings. The number of nitrogens with zero attached hydrogens (tertiary/aromatic N) is 2. The third-order valence-corrected chi connectivity index (χ3v) is 3.54. The van der Waals surface area contributed by atoms with Crippen LogP contribution in [0.4, 0.5) is 18.9 Å². The monoisotopic (exact) mass is 311 g/mol. The third kappa shape index (κ3) is 2.98. The molecular formula is C15H16F3N3O. The molecule has 1 aromatic carbocycles. The Morgan fingerprint density at radius 1 is 1.23 bits per heavy atom. The number of carbonyl (C=O) groups excluding carboxylic acids is 1. The molecule has 0 atom stereocenters. The van der Waals surface area contributed by atoms with Gasteiger partial charge >= 0.3 is 6.18 Å². The van der Waals surface area contributed by atoms with Crippen LogP contribution in [0.5, 0.6) is 0 Å². The molecule has 0 radical (unpaired) electrons. The lowest BCUT2D eigenvalue weighted by Gasteiger charge is -2.13.